The second-order valence-corrected chi connectivity index (χ2v) is 3.42. The fraction of sp³-hybridized carbons (Fsp3) is 0.364. The monoisotopic (exact) mass is 192 g/mol. The van der Waals surface area contributed by atoms with E-state index in [9.17, 15) is 4.79 Å². The molecule has 0 bridgehead atoms. The summed E-state index contributed by atoms with van der Waals surface area (Å²) in [7, 11) is 0. The summed E-state index contributed by atoms with van der Waals surface area (Å²) in [5.41, 5.74) is 0. The van der Waals surface area contributed by atoms with Crippen LogP contribution in [0.15, 0.2) is 30.3 Å². The lowest BCUT2D eigenvalue weighted by Crippen LogP contribution is -2.23. The van der Waals surface area contributed by atoms with Crippen molar-refractivity contribution in [2.24, 2.45) is 5.92 Å². The molecule has 0 aromatic heterocycles. The quantitative estimate of drug-likeness (QED) is 0.738. The van der Waals surface area contributed by atoms with Gasteiger partial charge < -0.3 is 4.74 Å². The van der Waals surface area contributed by atoms with Gasteiger partial charge in [-0.15, -0.1) is 0 Å². The summed E-state index contributed by atoms with van der Waals surface area (Å²) in [6, 6.07) is 8.93. The molecular formula is C11H14NO2. The average Bonchev–Trinajstić information content (AvgIpc) is 2.16. The highest BCUT2D eigenvalue weighted by Crippen LogP contribution is 2.08. The van der Waals surface area contributed by atoms with E-state index in [1.165, 1.54) is 0 Å². The number of carbonyl (C=O) groups is 1. The Labute approximate surface area is 84.1 Å². The van der Waals surface area contributed by atoms with E-state index in [4.69, 9.17) is 4.74 Å². The smallest absolute Gasteiger partial charge is 0.409 e. The Morgan fingerprint density at radius 1 is 1.36 bits per heavy atom. The Morgan fingerprint density at radius 2 is 2.00 bits per heavy atom. The molecule has 0 aliphatic heterocycles. The summed E-state index contributed by atoms with van der Waals surface area (Å²) in [4.78, 5) is 11.1. The van der Waals surface area contributed by atoms with Gasteiger partial charge in [0.2, 0.25) is 0 Å². The molecule has 1 aromatic rings. The maximum Gasteiger partial charge on any atom is 0.434 e. The summed E-state index contributed by atoms with van der Waals surface area (Å²) in [6.45, 7) is 4.50. The third-order valence-electron chi connectivity index (χ3n) is 1.53. The molecule has 0 saturated heterocycles. The second-order valence-electron chi connectivity index (χ2n) is 3.42. The van der Waals surface area contributed by atoms with Crippen molar-refractivity contribution in [2.75, 3.05) is 6.54 Å². The maximum atomic E-state index is 11.1. The fourth-order valence-electron chi connectivity index (χ4n) is 0.879. The van der Waals surface area contributed by atoms with Crippen molar-refractivity contribution < 1.29 is 9.53 Å². The third kappa shape index (κ3) is 3.94. The van der Waals surface area contributed by atoms with Crippen molar-refractivity contribution in [1.82, 2.24) is 5.32 Å². The SMILES string of the molecule is CC(C)C[N]C(=O)Oc1ccccc1. The number of nitrogens with zero attached hydrogens (tertiary/aromatic N) is 1. The molecule has 0 heterocycles. The maximum absolute atomic E-state index is 11.1. The Hall–Kier alpha value is -1.51. The molecule has 0 N–H and O–H groups in total. The highest BCUT2D eigenvalue weighted by molar-refractivity contribution is 5.69. The van der Waals surface area contributed by atoms with Crippen LogP contribution >= 0.6 is 0 Å². The van der Waals surface area contributed by atoms with Crippen LogP contribution in [0.4, 0.5) is 4.79 Å². The van der Waals surface area contributed by atoms with Gasteiger partial charge in [0.05, 0.1) is 0 Å². The predicted molar refractivity (Wildman–Crippen MR) is 54.3 cm³/mol. The summed E-state index contributed by atoms with van der Waals surface area (Å²) >= 11 is 0. The van der Waals surface area contributed by atoms with Crippen molar-refractivity contribution in [3.63, 3.8) is 0 Å². The molecule has 3 heteroatoms. The normalized spacial score (nSPS) is 9.93. The van der Waals surface area contributed by atoms with Crippen molar-refractivity contribution >= 4 is 6.09 Å². The Balaban J connectivity index is 2.35. The topological polar surface area (TPSA) is 40.4 Å². The van der Waals surface area contributed by atoms with Gasteiger partial charge >= 0.3 is 6.09 Å². The van der Waals surface area contributed by atoms with E-state index in [-0.39, 0.29) is 0 Å². The average molecular weight is 192 g/mol. The van der Waals surface area contributed by atoms with E-state index in [2.05, 4.69) is 5.32 Å². The summed E-state index contributed by atoms with van der Waals surface area (Å²) in [5.74, 6) is 0.906. The molecular weight excluding hydrogens is 178 g/mol. The van der Waals surface area contributed by atoms with Crippen molar-refractivity contribution in [1.29, 1.82) is 0 Å². The van der Waals surface area contributed by atoms with Crippen LogP contribution in [0.5, 0.6) is 5.75 Å². The molecule has 0 unspecified atom stereocenters. The van der Waals surface area contributed by atoms with Crippen LogP contribution in [0.25, 0.3) is 0 Å². The van der Waals surface area contributed by atoms with Crippen molar-refractivity contribution in [3.8, 4) is 5.75 Å². The van der Waals surface area contributed by atoms with E-state index in [0.29, 0.717) is 18.2 Å². The summed E-state index contributed by atoms with van der Waals surface area (Å²) < 4.78 is 4.96. The molecule has 0 saturated carbocycles. The minimum atomic E-state index is -0.523. The van der Waals surface area contributed by atoms with Gasteiger partial charge in [-0.3, -0.25) is 0 Å². The predicted octanol–water partition coefficient (Wildman–Crippen LogP) is 2.45. The van der Waals surface area contributed by atoms with Gasteiger partial charge in [-0.05, 0) is 18.1 Å². The Morgan fingerprint density at radius 3 is 2.57 bits per heavy atom. The molecule has 14 heavy (non-hydrogen) atoms. The highest BCUT2D eigenvalue weighted by Gasteiger charge is 2.05. The molecule has 0 aliphatic carbocycles. The molecule has 1 radical (unpaired) electrons. The van der Waals surface area contributed by atoms with Crippen molar-refractivity contribution in [3.05, 3.63) is 30.3 Å². The molecule has 0 fully saturated rings. The molecule has 75 valence electrons. The molecule has 1 aromatic carbocycles. The lowest BCUT2D eigenvalue weighted by atomic mass is 10.2. The number of rotatable bonds is 3. The van der Waals surface area contributed by atoms with Gasteiger partial charge in [0.15, 0.2) is 0 Å². The first-order valence-corrected chi connectivity index (χ1v) is 4.63. The van der Waals surface area contributed by atoms with E-state index in [1.807, 2.05) is 32.0 Å². The molecule has 0 spiro atoms. The molecule has 1 amide bonds. The van der Waals surface area contributed by atoms with Crippen LogP contribution in [0.1, 0.15) is 13.8 Å². The largest absolute Gasteiger partial charge is 0.434 e. The zero-order chi connectivity index (χ0) is 10.4. The van der Waals surface area contributed by atoms with Gasteiger partial charge in [-0.1, -0.05) is 32.0 Å². The Kier molecular flexibility index (Phi) is 3.98. The van der Waals surface area contributed by atoms with E-state index in [0.717, 1.165) is 0 Å². The van der Waals surface area contributed by atoms with Gasteiger partial charge in [-0.2, -0.15) is 0 Å². The highest BCUT2D eigenvalue weighted by atomic mass is 16.5. The third-order valence-corrected chi connectivity index (χ3v) is 1.53. The number of ether oxygens (including phenoxy) is 1. The molecule has 3 nitrogen and oxygen atoms in total. The number of para-hydroxylation sites is 1. The standard InChI is InChI=1S/C11H14NO2/c1-9(2)8-12-11(13)14-10-6-4-3-5-7-10/h3-7,9H,8H2,1-2H3. The fourth-order valence-corrected chi connectivity index (χ4v) is 0.879. The summed E-state index contributed by atoms with van der Waals surface area (Å²) in [6.07, 6.45) is -0.523. The summed E-state index contributed by atoms with van der Waals surface area (Å²) in [5, 5.41) is 3.76. The van der Waals surface area contributed by atoms with E-state index >= 15 is 0 Å². The number of hydrogen-bond donors (Lipinski definition) is 0. The number of carbonyl (C=O) groups excluding carboxylic acids is 1. The second kappa shape index (κ2) is 5.27. The van der Waals surface area contributed by atoms with Crippen molar-refractivity contribution in [2.45, 2.75) is 13.8 Å². The van der Waals surface area contributed by atoms with E-state index < -0.39 is 6.09 Å². The first-order valence-electron chi connectivity index (χ1n) is 4.63. The van der Waals surface area contributed by atoms with Crippen LogP contribution in [0.3, 0.4) is 0 Å². The van der Waals surface area contributed by atoms with Crippen LogP contribution in [0, 0.1) is 5.92 Å². The lowest BCUT2D eigenvalue weighted by Gasteiger charge is -2.05. The van der Waals surface area contributed by atoms with Gasteiger partial charge in [0.1, 0.15) is 5.75 Å². The van der Waals surface area contributed by atoms with Gasteiger partial charge in [0, 0.05) is 6.54 Å². The van der Waals surface area contributed by atoms with Gasteiger partial charge in [-0.25, -0.2) is 10.1 Å². The van der Waals surface area contributed by atoms with Crippen LogP contribution in [-0.4, -0.2) is 12.6 Å². The molecule has 1 rings (SSSR count). The minimum Gasteiger partial charge on any atom is -0.409 e. The van der Waals surface area contributed by atoms with Crippen LogP contribution in [0.2, 0.25) is 0 Å². The van der Waals surface area contributed by atoms with Crippen LogP contribution in [-0.2, 0) is 0 Å². The minimum absolute atomic E-state index is 0.373. The van der Waals surface area contributed by atoms with Gasteiger partial charge in [0.25, 0.3) is 0 Å². The number of benzene rings is 1. The number of amides is 1. The first-order chi connectivity index (χ1) is 6.68. The zero-order valence-corrected chi connectivity index (χ0v) is 8.43. The van der Waals surface area contributed by atoms with E-state index in [1.54, 1.807) is 12.1 Å². The molecule has 0 atom stereocenters. The molecule has 0 aliphatic rings. The number of hydrogen-bond acceptors (Lipinski definition) is 2. The first kappa shape index (κ1) is 10.6. The van der Waals surface area contributed by atoms with Crippen LogP contribution < -0.4 is 10.1 Å². The zero-order valence-electron chi connectivity index (χ0n) is 8.43. The Bertz CT molecular complexity index is 283. The lowest BCUT2D eigenvalue weighted by molar-refractivity contribution is 0.198.